The zero-order valence-corrected chi connectivity index (χ0v) is 14.4. The van der Waals surface area contributed by atoms with E-state index in [1.54, 1.807) is 11.3 Å². The van der Waals surface area contributed by atoms with Crippen molar-refractivity contribution in [1.29, 1.82) is 0 Å². The molecule has 6 heteroatoms. The Morgan fingerprint density at radius 2 is 2.29 bits per heavy atom. The fourth-order valence-corrected chi connectivity index (χ4v) is 4.21. The van der Waals surface area contributed by atoms with E-state index in [9.17, 15) is 4.79 Å². The highest BCUT2D eigenvalue weighted by atomic mass is 32.1. The maximum absolute atomic E-state index is 12.1. The van der Waals surface area contributed by atoms with Gasteiger partial charge in [0.15, 0.2) is 5.11 Å². The Hall–Kier alpha value is -1.14. The molecule has 0 aliphatic heterocycles. The molecule has 116 valence electrons. The molecule has 1 aliphatic rings. The van der Waals surface area contributed by atoms with Gasteiger partial charge >= 0.3 is 5.97 Å². The number of ether oxygens (including phenoxy) is 1. The fraction of sp³-hybridized carbons (Fsp3) is 0.600. The third-order valence-electron chi connectivity index (χ3n) is 3.66. The van der Waals surface area contributed by atoms with Gasteiger partial charge in [-0.05, 0) is 49.4 Å². The number of nitrogens with one attached hydrogen (secondary N) is 2. The van der Waals surface area contributed by atoms with E-state index in [2.05, 4.69) is 24.5 Å². The Kier molecular flexibility index (Phi) is 5.58. The molecular formula is C15H22N2O2S2. The molecule has 0 spiro atoms. The minimum atomic E-state index is -0.275. The zero-order valence-electron chi connectivity index (χ0n) is 12.7. The standard InChI is InChI=1S/C15H22N2O2S2/c1-4-7-16-15(20)17-13-12(14(18)19-3)10-6-5-9(2)8-11(10)21-13/h9H,4-8H2,1-3H3,(H2,16,17,20). The second kappa shape index (κ2) is 7.22. The maximum Gasteiger partial charge on any atom is 0.341 e. The van der Waals surface area contributed by atoms with E-state index in [-0.39, 0.29) is 5.97 Å². The van der Waals surface area contributed by atoms with Crippen LogP contribution in [0.2, 0.25) is 0 Å². The first-order valence-corrected chi connectivity index (χ1v) is 8.57. The van der Waals surface area contributed by atoms with Crippen LogP contribution in [-0.4, -0.2) is 24.7 Å². The third kappa shape index (κ3) is 3.74. The van der Waals surface area contributed by atoms with Crippen molar-refractivity contribution in [2.24, 2.45) is 5.92 Å². The first-order valence-electron chi connectivity index (χ1n) is 7.34. The lowest BCUT2D eigenvalue weighted by molar-refractivity contribution is 0.0601. The summed E-state index contributed by atoms with van der Waals surface area (Å²) >= 11 is 6.91. The van der Waals surface area contributed by atoms with E-state index >= 15 is 0 Å². The Morgan fingerprint density at radius 1 is 1.52 bits per heavy atom. The third-order valence-corrected chi connectivity index (χ3v) is 5.08. The van der Waals surface area contributed by atoms with Crippen molar-refractivity contribution in [1.82, 2.24) is 5.32 Å². The zero-order chi connectivity index (χ0) is 15.4. The van der Waals surface area contributed by atoms with E-state index in [0.717, 1.165) is 42.8 Å². The fourth-order valence-electron chi connectivity index (χ4n) is 2.54. The van der Waals surface area contributed by atoms with E-state index in [4.69, 9.17) is 17.0 Å². The quantitative estimate of drug-likeness (QED) is 0.656. The smallest absolute Gasteiger partial charge is 0.341 e. The van der Waals surface area contributed by atoms with Crippen molar-refractivity contribution in [3.05, 3.63) is 16.0 Å². The molecular weight excluding hydrogens is 304 g/mol. The topological polar surface area (TPSA) is 50.4 Å². The van der Waals surface area contributed by atoms with Crippen LogP contribution in [-0.2, 0) is 17.6 Å². The lowest BCUT2D eigenvalue weighted by Gasteiger charge is -2.18. The number of thiophene rings is 1. The number of hydrogen-bond acceptors (Lipinski definition) is 4. The van der Waals surface area contributed by atoms with Gasteiger partial charge in [-0.2, -0.15) is 0 Å². The van der Waals surface area contributed by atoms with Crippen LogP contribution < -0.4 is 10.6 Å². The highest BCUT2D eigenvalue weighted by Crippen LogP contribution is 2.39. The van der Waals surface area contributed by atoms with Gasteiger partial charge in [-0.1, -0.05) is 13.8 Å². The SMILES string of the molecule is CCCNC(=S)Nc1sc2c(c1C(=O)OC)CCC(C)C2. The van der Waals surface area contributed by atoms with Crippen LogP contribution in [0.15, 0.2) is 0 Å². The molecule has 0 aromatic carbocycles. The number of carbonyl (C=O) groups is 1. The molecule has 0 amide bonds. The molecule has 1 aliphatic carbocycles. The monoisotopic (exact) mass is 326 g/mol. The van der Waals surface area contributed by atoms with Crippen molar-refractivity contribution in [3.8, 4) is 0 Å². The Morgan fingerprint density at radius 3 is 2.95 bits per heavy atom. The molecule has 1 aromatic heterocycles. The number of methoxy groups -OCH3 is 1. The lowest BCUT2D eigenvalue weighted by Crippen LogP contribution is -2.29. The van der Waals surface area contributed by atoms with Crippen molar-refractivity contribution in [2.45, 2.75) is 39.5 Å². The van der Waals surface area contributed by atoms with Gasteiger partial charge in [0.25, 0.3) is 0 Å². The van der Waals surface area contributed by atoms with Crippen LogP contribution in [0.3, 0.4) is 0 Å². The number of anilines is 1. The maximum atomic E-state index is 12.1. The van der Waals surface area contributed by atoms with E-state index in [1.165, 1.54) is 12.0 Å². The first-order chi connectivity index (χ1) is 10.1. The summed E-state index contributed by atoms with van der Waals surface area (Å²) in [4.78, 5) is 13.4. The van der Waals surface area contributed by atoms with E-state index in [0.29, 0.717) is 16.6 Å². The van der Waals surface area contributed by atoms with Gasteiger partial charge in [0.1, 0.15) is 5.00 Å². The van der Waals surface area contributed by atoms with Crippen LogP contribution in [0.5, 0.6) is 0 Å². The molecule has 0 saturated carbocycles. The summed E-state index contributed by atoms with van der Waals surface area (Å²) in [6, 6.07) is 0. The van der Waals surface area contributed by atoms with Gasteiger partial charge < -0.3 is 15.4 Å². The van der Waals surface area contributed by atoms with Crippen molar-refractivity contribution >= 4 is 39.6 Å². The van der Waals surface area contributed by atoms with Gasteiger partial charge in [0.2, 0.25) is 0 Å². The van der Waals surface area contributed by atoms with Crippen molar-refractivity contribution < 1.29 is 9.53 Å². The van der Waals surface area contributed by atoms with Crippen molar-refractivity contribution in [3.63, 3.8) is 0 Å². The molecule has 0 radical (unpaired) electrons. The molecule has 4 nitrogen and oxygen atoms in total. The predicted octanol–water partition coefficient (Wildman–Crippen LogP) is 3.36. The second-order valence-corrected chi connectivity index (χ2v) is 6.94. The average Bonchev–Trinajstić information content (AvgIpc) is 2.81. The first kappa shape index (κ1) is 16.2. The summed E-state index contributed by atoms with van der Waals surface area (Å²) in [5.74, 6) is 0.391. The molecule has 2 rings (SSSR count). The summed E-state index contributed by atoms with van der Waals surface area (Å²) < 4.78 is 4.95. The minimum Gasteiger partial charge on any atom is -0.465 e. The predicted molar refractivity (Wildman–Crippen MR) is 91.4 cm³/mol. The number of hydrogen-bond donors (Lipinski definition) is 2. The van der Waals surface area contributed by atoms with Gasteiger partial charge in [0.05, 0.1) is 12.7 Å². The van der Waals surface area contributed by atoms with Crippen LogP contribution >= 0.6 is 23.6 Å². The normalized spacial score (nSPS) is 17.0. The summed E-state index contributed by atoms with van der Waals surface area (Å²) in [7, 11) is 1.43. The number of rotatable bonds is 4. The molecule has 21 heavy (non-hydrogen) atoms. The van der Waals surface area contributed by atoms with E-state index < -0.39 is 0 Å². The minimum absolute atomic E-state index is 0.275. The van der Waals surface area contributed by atoms with Crippen LogP contribution in [0, 0.1) is 5.92 Å². The summed E-state index contributed by atoms with van der Waals surface area (Å²) in [5, 5.41) is 7.68. The highest BCUT2D eigenvalue weighted by molar-refractivity contribution is 7.80. The summed E-state index contributed by atoms with van der Waals surface area (Å²) in [6.07, 6.45) is 4.09. The number of carbonyl (C=O) groups excluding carboxylic acids is 1. The van der Waals surface area contributed by atoms with Crippen LogP contribution in [0.1, 0.15) is 47.5 Å². The lowest BCUT2D eigenvalue weighted by atomic mass is 9.88. The number of thiocarbonyl (C=S) groups is 1. The molecule has 0 saturated heterocycles. The van der Waals surface area contributed by atoms with Gasteiger partial charge in [0, 0.05) is 11.4 Å². The Labute approximate surface area is 135 Å². The Bertz CT molecular complexity index is 540. The van der Waals surface area contributed by atoms with Gasteiger partial charge in [-0.25, -0.2) is 4.79 Å². The summed E-state index contributed by atoms with van der Waals surface area (Å²) in [6.45, 7) is 5.16. The molecule has 0 fully saturated rings. The largest absolute Gasteiger partial charge is 0.465 e. The summed E-state index contributed by atoms with van der Waals surface area (Å²) in [5.41, 5.74) is 1.82. The number of fused-ring (bicyclic) bond motifs is 1. The molecule has 1 heterocycles. The van der Waals surface area contributed by atoms with Crippen molar-refractivity contribution in [2.75, 3.05) is 19.0 Å². The van der Waals surface area contributed by atoms with Crippen LogP contribution in [0.25, 0.3) is 0 Å². The van der Waals surface area contributed by atoms with Gasteiger partial charge in [-0.15, -0.1) is 11.3 Å². The molecule has 1 aromatic rings. The number of esters is 1. The molecule has 2 N–H and O–H groups in total. The molecule has 1 atom stereocenters. The Balaban J connectivity index is 2.27. The second-order valence-electron chi connectivity index (χ2n) is 5.43. The average molecular weight is 326 g/mol. The van der Waals surface area contributed by atoms with Gasteiger partial charge in [-0.3, -0.25) is 0 Å². The van der Waals surface area contributed by atoms with Crippen LogP contribution in [0.4, 0.5) is 5.00 Å². The highest BCUT2D eigenvalue weighted by Gasteiger charge is 2.28. The molecule has 0 bridgehead atoms. The van der Waals surface area contributed by atoms with E-state index in [1.807, 2.05) is 0 Å². The molecule has 1 unspecified atom stereocenters.